The minimum Gasteiger partial charge on any atom is -0.493 e. The lowest BCUT2D eigenvalue weighted by molar-refractivity contribution is -0.142. The van der Waals surface area contributed by atoms with Gasteiger partial charge in [-0.05, 0) is 25.5 Å². The second kappa shape index (κ2) is 7.25. The third kappa shape index (κ3) is 3.57. The lowest BCUT2D eigenvalue weighted by atomic mass is 10.3. The van der Waals surface area contributed by atoms with Gasteiger partial charge < -0.3 is 14.0 Å². The minimum absolute atomic E-state index is 0.183. The lowest BCUT2D eigenvalue weighted by Gasteiger charge is -2.27. The van der Waals surface area contributed by atoms with Gasteiger partial charge in [-0.25, -0.2) is 10.0 Å². The Kier molecular flexibility index (Phi) is 4.87. The van der Waals surface area contributed by atoms with E-state index in [4.69, 9.17) is 14.0 Å². The van der Waals surface area contributed by atoms with Gasteiger partial charge in [0.15, 0.2) is 23.8 Å². The van der Waals surface area contributed by atoms with Gasteiger partial charge in [0.05, 0.1) is 7.11 Å². The van der Waals surface area contributed by atoms with Crippen molar-refractivity contribution in [1.29, 1.82) is 0 Å². The van der Waals surface area contributed by atoms with Crippen LogP contribution in [-0.4, -0.2) is 53.8 Å². The minimum atomic E-state index is -0.361. The lowest BCUT2D eigenvalue weighted by Crippen LogP contribution is -2.46. The summed E-state index contributed by atoms with van der Waals surface area (Å²) in [5.74, 6) is 0.891. The number of amides is 2. The molecule has 8 heteroatoms. The van der Waals surface area contributed by atoms with Gasteiger partial charge in [0, 0.05) is 19.2 Å². The highest BCUT2D eigenvalue weighted by Gasteiger charge is 2.32. The third-order valence-corrected chi connectivity index (χ3v) is 3.82. The van der Waals surface area contributed by atoms with Crippen molar-refractivity contribution in [3.8, 4) is 11.5 Å². The van der Waals surface area contributed by atoms with Crippen LogP contribution in [0.15, 0.2) is 34.9 Å². The fraction of sp³-hybridized carbons (Fsp3) is 0.353. The van der Waals surface area contributed by atoms with Crippen molar-refractivity contribution in [3.63, 3.8) is 0 Å². The SMILES string of the molecule is COc1ccccc1OCC(=O)N1CCCN1C(=O)c1cc(C)on1. The highest BCUT2D eigenvalue weighted by Crippen LogP contribution is 2.26. The van der Waals surface area contributed by atoms with Gasteiger partial charge in [0.25, 0.3) is 11.8 Å². The van der Waals surface area contributed by atoms with Gasteiger partial charge in [0.2, 0.25) is 0 Å². The number of hydrogen-bond donors (Lipinski definition) is 0. The zero-order chi connectivity index (χ0) is 17.8. The van der Waals surface area contributed by atoms with Crippen LogP contribution in [0.25, 0.3) is 0 Å². The normalized spacial score (nSPS) is 13.8. The van der Waals surface area contributed by atoms with Crippen LogP contribution in [0.2, 0.25) is 0 Å². The van der Waals surface area contributed by atoms with E-state index in [1.165, 1.54) is 17.1 Å². The highest BCUT2D eigenvalue weighted by molar-refractivity contribution is 5.94. The number of ether oxygens (including phenoxy) is 2. The molecule has 0 N–H and O–H groups in total. The average molecular weight is 345 g/mol. The summed E-state index contributed by atoms with van der Waals surface area (Å²) in [5, 5.41) is 6.49. The van der Waals surface area contributed by atoms with Crippen LogP contribution in [0.5, 0.6) is 11.5 Å². The van der Waals surface area contributed by atoms with Crippen LogP contribution in [-0.2, 0) is 4.79 Å². The first-order chi connectivity index (χ1) is 12.1. The summed E-state index contributed by atoms with van der Waals surface area (Å²) >= 11 is 0. The largest absolute Gasteiger partial charge is 0.493 e. The molecule has 1 fully saturated rings. The number of hydrazine groups is 1. The molecule has 2 aromatic rings. The zero-order valence-corrected chi connectivity index (χ0v) is 14.1. The van der Waals surface area contributed by atoms with E-state index in [9.17, 15) is 9.59 Å². The number of aryl methyl sites for hydroxylation is 1. The van der Waals surface area contributed by atoms with Crippen molar-refractivity contribution in [3.05, 3.63) is 41.8 Å². The molecule has 0 radical (unpaired) electrons. The Morgan fingerprint density at radius 1 is 1.20 bits per heavy atom. The maximum Gasteiger partial charge on any atom is 0.294 e. The fourth-order valence-electron chi connectivity index (χ4n) is 2.63. The number of para-hydroxylation sites is 2. The molecule has 2 amide bonds. The van der Waals surface area contributed by atoms with E-state index >= 15 is 0 Å². The monoisotopic (exact) mass is 345 g/mol. The number of carbonyl (C=O) groups is 2. The number of nitrogens with zero attached hydrogens (tertiary/aromatic N) is 3. The first-order valence-electron chi connectivity index (χ1n) is 7.91. The molecule has 0 spiro atoms. The van der Waals surface area contributed by atoms with E-state index in [-0.39, 0.29) is 24.1 Å². The topological polar surface area (TPSA) is 85.1 Å². The molecule has 1 aromatic heterocycles. The summed E-state index contributed by atoms with van der Waals surface area (Å²) in [4.78, 5) is 25.0. The Balaban J connectivity index is 1.65. The second-order valence-electron chi connectivity index (χ2n) is 5.56. The van der Waals surface area contributed by atoms with E-state index in [1.54, 1.807) is 31.2 Å². The summed E-state index contributed by atoms with van der Waals surface area (Å²) in [6.07, 6.45) is 0.697. The Hall–Kier alpha value is -3.03. The number of aromatic nitrogens is 1. The van der Waals surface area contributed by atoms with Crippen molar-refractivity contribution in [2.24, 2.45) is 0 Å². The maximum absolute atomic E-state index is 12.5. The van der Waals surface area contributed by atoms with Crippen LogP contribution in [0.1, 0.15) is 22.7 Å². The van der Waals surface area contributed by atoms with Crippen molar-refractivity contribution < 1.29 is 23.6 Å². The first kappa shape index (κ1) is 16.8. The molecule has 3 rings (SSSR count). The van der Waals surface area contributed by atoms with Crippen LogP contribution >= 0.6 is 0 Å². The molecular weight excluding hydrogens is 326 g/mol. The summed E-state index contributed by atoms with van der Waals surface area (Å²) in [6, 6.07) is 8.62. The van der Waals surface area contributed by atoms with Crippen LogP contribution in [0, 0.1) is 6.92 Å². The molecule has 8 nitrogen and oxygen atoms in total. The Morgan fingerprint density at radius 2 is 1.92 bits per heavy atom. The van der Waals surface area contributed by atoms with Gasteiger partial charge in [-0.15, -0.1) is 0 Å². The van der Waals surface area contributed by atoms with Crippen molar-refractivity contribution in [1.82, 2.24) is 15.2 Å². The number of rotatable bonds is 5. The second-order valence-corrected chi connectivity index (χ2v) is 5.56. The summed E-state index contributed by atoms with van der Waals surface area (Å²) in [6.45, 7) is 2.42. The van der Waals surface area contributed by atoms with Crippen LogP contribution in [0.3, 0.4) is 0 Å². The van der Waals surface area contributed by atoms with Gasteiger partial charge in [-0.1, -0.05) is 17.3 Å². The Morgan fingerprint density at radius 3 is 2.60 bits per heavy atom. The number of hydrogen-bond acceptors (Lipinski definition) is 6. The first-order valence-corrected chi connectivity index (χ1v) is 7.91. The van der Waals surface area contributed by atoms with E-state index in [1.807, 2.05) is 6.07 Å². The summed E-state index contributed by atoms with van der Waals surface area (Å²) in [7, 11) is 1.53. The van der Waals surface area contributed by atoms with Crippen molar-refractivity contribution in [2.75, 3.05) is 26.8 Å². The quantitative estimate of drug-likeness (QED) is 0.819. The Bertz CT molecular complexity index is 773. The van der Waals surface area contributed by atoms with E-state index < -0.39 is 0 Å². The summed E-state index contributed by atoms with van der Waals surface area (Å²) < 4.78 is 15.7. The molecule has 1 aliphatic rings. The van der Waals surface area contributed by atoms with Crippen LogP contribution < -0.4 is 9.47 Å². The van der Waals surface area contributed by atoms with Gasteiger partial charge in [-0.2, -0.15) is 0 Å². The van der Waals surface area contributed by atoms with Gasteiger partial charge >= 0.3 is 0 Å². The molecule has 1 saturated heterocycles. The van der Waals surface area contributed by atoms with E-state index in [0.717, 1.165) is 0 Å². The standard InChI is InChI=1S/C17H19N3O5/c1-12-10-13(18-25-12)17(22)20-9-5-8-19(20)16(21)11-24-15-7-4-3-6-14(15)23-2/h3-4,6-7,10H,5,8-9,11H2,1-2H3. The van der Waals surface area contributed by atoms with E-state index in [2.05, 4.69) is 5.16 Å². The zero-order valence-electron chi connectivity index (χ0n) is 14.1. The molecule has 0 bridgehead atoms. The van der Waals surface area contributed by atoms with Crippen LogP contribution in [0.4, 0.5) is 0 Å². The molecule has 1 aromatic carbocycles. The molecule has 0 saturated carbocycles. The van der Waals surface area contributed by atoms with Gasteiger partial charge in [0.1, 0.15) is 5.76 Å². The highest BCUT2D eigenvalue weighted by atomic mass is 16.5. The smallest absolute Gasteiger partial charge is 0.294 e. The van der Waals surface area contributed by atoms with Gasteiger partial charge in [-0.3, -0.25) is 9.59 Å². The molecule has 0 aliphatic carbocycles. The fourth-order valence-corrected chi connectivity index (χ4v) is 2.63. The van der Waals surface area contributed by atoms with E-state index in [0.29, 0.717) is 36.8 Å². The predicted octanol–water partition coefficient (Wildman–Crippen LogP) is 1.66. The third-order valence-electron chi connectivity index (χ3n) is 3.82. The molecule has 0 atom stereocenters. The Labute approximate surface area is 144 Å². The molecule has 132 valence electrons. The van der Waals surface area contributed by atoms with Crippen molar-refractivity contribution in [2.45, 2.75) is 13.3 Å². The number of carbonyl (C=O) groups excluding carboxylic acids is 2. The maximum atomic E-state index is 12.5. The molecule has 1 aliphatic heterocycles. The molecule has 2 heterocycles. The molecular formula is C17H19N3O5. The summed E-state index contributed by atoms with van der Waals surface area (Å²) in [5.41, 5.74) is 0.183. The number of methoxy groups -OCH3 is 1. The molecule has 25 heavy (non-hydrogen) atoms. The number of benzene rings is 1. The molecule has 0 unspecified atom stereocenters. The predicted molar refractivity (Wildman–Crippen MR) is 87.1 cm³/mol. The average Bonchev–Trinajstić information content (AvgIpc) is 3.28. The van der Waals surface area contributed by atoms with Crippen molar-refractivity contribution >= 4 is 11.8 Å².